The Hall–Kier alpha value is -1.90. The summed E-state index contributed by atoms with van der Waals surface area (Å²) in [6.45, 7) is 0. The smallest absolute Gasteiger partial charge is 0.0454 e. The number of benzene rings is 2. The van der Waals surface area contributed by atoms with Gasteiger partial charge in [-0.2, -0.15) is 0 Å². The van der Waals surface area contributed by atoms with E-state index in [1.165, 1.54) is 26.4 Å². The highest BCUT2D eigenvalue weighted by atomic mass is 32.1. The molecule has 0 aliphatic heterocycles. The van der Waals surface area contributed by atoms with E-state index in [9.17, 15) is 0 Å². The molecule has 0 bridgehead atoms. The van der Waals surface area contributed by atoms with Gasteiger partial charge >= 0.3 is 0 Å². The van der Waals surface area contributed by atoms with E-state index in [-0.39, 0.29) is 5.54 Å². The van der Waals surface area contributed by atoms with Gasteiger partial charge < -0.3 is 5.73 Å². The third-order valence-electron chi connectivity index (χ3n) is 4.61. The topological polar surface area (TPSA) is 26.0 Å². The summed E-state index contributed by atoms with van der Waals surface area (Å²) < 4.78 is 0. The molecular weight excluding hydrogens is 286 g/mol. The van der Waals surface area contributed by atoms with Crippen molar-refractivity contribution in [2.45, 2.75) is 24.8 Å². The monoisotopic (exact) mass is 305 g/mol. The van der Waals surface area contributed by atoms with Crippen molar-refractivity contribution in [2.75, 3.05) is 0 Å². The Bertz CT molecular complexity index is 776. The van der Waals surface area contributed by atoms with Crippen LogP contribution in [-0.2, 0) is 18.4 Å². The lowest BCUT2D eigenvalue weighted by Crippen LogP contribution is -2.41. The second-order valence-electron chi connectivity index (χ2n) is 6.12. The third-order valence-corrected chi connectivity index (χ3v) is 5.89. The lowest BCUT2D eigenvalue weighted by Gasteiger charge is -2.34. The minimum absolute atomic E-state index is 0.219. The minimum atomic E-state index is -0.219. The number of nitrogens with two attached hydrogens (primary N) is 1. The van der Waals surface area contributed by atoms with E-state index in [0.29, 0.717) is 0 Å². The fraction of sp³-hybridized carbons (Fsp3) is 0.200. The molecule has 4 rings (SSSR count). The largest absolute Gasteiger partial charge is 0.321 e. The molecule has 1 aliphatic rings. The van der Waals surface area contributed by atoms with Crippen molar-refractivity contribution < 1.29 is 0 Å². The number of fused-ring (bicyclic) bond motifs is 1. The number of hydrogen-bond donors (Lipinski definition) is 1. The predicted octanol–water partition coefficient (Wildman–Crippen LogP) is 4.76. The summed E-state index contributed by atoms with van der Waals surface area (Å²) in [6, 6.07) is 23.5. The Kier molecular flexibility index (Phi) is 3.36. The van der Waals surface area contributed by atoms with Crippen molar-refractivity contribution in [1.29, 1.82) is 0 Å². The van der Waals surface area contributed by atoms with Crippen LogP contribution < -0.4 is 5.73 Å². The maximum Gasteiger partial charge on any atom is 0.0454 e. The fourth-order valence-corrected chi connectivity index (χ4v) is 4.54. The predicted molar refractivity (Wildman–Crippen MR) is 94.1 cm³/mol. The highest BCUT2D eigenvalue weighted by Crippen LogP contribution is 2.41. The maximum absolute atomic E-state index is 6.75. The van der Waals surface area contributed by atoms with Gasteiger partial charge in [0.2, 0.25) is 0 Å². The van der Waals surface area contributed by atoms with E-state index in [1.54, 1.807) is 0 Å². The first-order valence-corrected chi connectivity index (χ1v) is 8.58. The Morgan fingerprint density at radius 1 is 0.909 bits per heavy atom. The fourth-order valence-electron chi connectivity index (χ4n) is 3.35. The lowest BCUT2D eigenvalue weighted by atomic mass is 9.77. The van der Waals surface area contributed by atoms with Crippen LogP contribution in [0.5, 0.6) is 0 Å². The van der Waals surface area contributed by atoms with Gasteiger partial charge in [-0.1, -0.05) is 60.7 Å². The first-order valence-electron chi connectivity index (χ1n) is 7.76. The molecule has 1 heterocycles. The van der Waals surface area contributed by atoms with Crippen LogP contribution in [0.3, 0.4) is 0 Å². The molecule has 2 aromatic carbocycles. The molecule has 1 aromatic heterocycles. The van der Waals surface area contributed by atoms with Gasteiger partial charge in [0.05, 0.1) is 0 Å². The van der Waals surface area contributed by atoms with Gasteiger partial charge in [0, 0.05) is 15.3 Å². The van der Waals surface area contributed by atoms with Gasteiger partial charge in [-0.05, 0) is 42.0 Å². The maximum atomic E-state index is 6.75. The zero-order chi connectivity index (χ0) is 15.0. The molecule has 1 aliphatic carbocycles. The minimum Gasteiger partial charge on any atom is -0.321 e. The summed E-state index contributed by atoms with van der Waals surface area (Å²) in [5.74, 6) is 0. The van der Waals surface area contributed by atoms with E-state index in [2.05, 4.69) is 66.7 Å². The van der Waals surface area contributed by atoms with E-state index in [4.69, 9.17) is 5.73 Å². The van der Waals surface area contributed by atoms with Crippen molar-refractivity contribution in [1.82, 2.24) is 0 Å². The summed E-state index contributed by atoms with van der Waals surface area (Å²) in [5.41, 5.74) is 10.5. The van der Waals surface area contributed by atoms with Crippen LogP contribution >= 0.6 is 11.3 Å². The molecule has 2 heteroatoms. The molecule has 0 saturated carbocycles. The Labute approximate surface area is 135 Å². The van der Waals surface area contributed by atoms with Crippen LogP contribution in [0.15, 0.2) is 66.7 Å². The molecule has 3 aromatic rings. The van der Waals surface area contributed by atoms with Gasteiger partial charge in [-0.25, -0.2) is 0 Å². The molecule has 0 amide bonds. The summed E-state index contributed by atoms with van der Waals surface area (Å²) in [6.07, 6.45) is 3.05. The van der Waals surface area contributed by atoms with E-state index in [1.807, 2.05) is 11.3 Å². The Morgan fingerprint density at radius 2 is 1.59 bits per heavy atom. The van der Waals surface area contributed by atoms with Gasteiger partial charge in [0.25, 0.3) is 0 Å². The lowest BCUT2D eigenvalue weighted by molar-refractivity contribution is 0.388. The van der Waals surface area contributed by atoms with Gasteiger partial charge in [-0.15, -0.1) is 11.3 Å². The average molecular weight is 305 g/mol. The van der Waals surface area contributed by atoms with Crippen LogP contribution in [-0.4, -0.2) is 0 Å². The van der Waals surface area contributed by atoms with Crippen LogP contribution in [0.4, 0.5) is 0 Å². The number of aryl methyl sites for hydroxylation is 1. The third kappa shape index (κ3) is 2.39. The van der Waals surface area contributed by atoms with Crippen molar-refractivity contribution >= 4 is 11.3 Å². The van der Waals surface area contributed by atoms with Crippen LogP contribution in [0.25, 0.3) is 10.4 Å². The van der Waals surface area contributed by atoms with E-state index >= 15 is 0 Å². The molecule has 22 heavy (non-hydrogen) atoms. The first-order chi connectivity index (χ1) is 10.7. The molecule has 1 nitrogen and oxygen atoms in total. The van der Waals surface area contributed by atoms with Crippen molar-refractivity contribution in [3.8, 4) is 10.4 Å². The van der Waals surface area contributed by atoms with Crippen molar-refractivity contribution in [3.63, 3.8) is 0 Å². The van der Waals surface area contributed by atoms with Crippen LogP contribution in [0, 0.1) is 0 Å². The zero-order valence-corrected chi connectivity index (χ0v) is 13.3. The van der Waals surface area contributed by atoms with Crippen molar-refractivity contribution in [2.24, 2.45) is 5.73 Å². The summed E-state index contributed by atoms with van der Waals surface area (Å²) >= 11 is 1.93. The summed E-state index contributed by atoms with van der Waals surface area (Å²) in [7, 11) is 0. The molecule has 110 valence electrons. The van der Waals surface area contributed by atoms with Crippen LogP contribution in [0.2, 0.25) is 0 Å². The molecule has 0 radical (unpaired) electrons. The highest BCUT2D eigenvalue weighted by molar-refractivity contribution is 7.15. The van der Waals surface area contributed by atoms with Crippen molar-refractivity contribution in [3.05, 3.63) is 82.7 Å². The second kappa shape index (κ2) is 5.38. The highest BCUT2D eigenvalue weighted by Gasteiger charge is 2.33. The van der Waals surface area contributed by atoms with Crippen LogP contribution in [0.1, 0.15) is 22.4 Å². The summed E-state index contributed by atoms with van der Waals surface area (Å²) in [4.78, 5) is 2.87. The summed E-state index contributed by atoms with van der Waals surface area (Å²) in [5, 5.41) is 0. The van der Waals surface area contributed by atoms with Gasteiger partial charge in [-0.3, -0.25) is 0 Å². The molecule has 0 spiro atoms. The number of hydrogen-bond acceptors (Lipinski definition) is 2. The molecule has 1 unspecified atom stereocenters. The van der Waals surface area contributed by atoms with E-state index in [0.717, 1.165) is 19.3 Å². The quantitative estimate of drug-likeness (QED) is 0.726. The standard InChI is InChI=1S/C20H19NS/c21-20(17-9-5-2-6-10-17)12-11-18-16(14-20)13-19(22-18)15-7-3-1-4-8-15/h1-10,13H,11-12,14,21H2. The Balaban J connectivity index is 1.68. The molecule has 0 fully saturated rings. The average Bonchev–Trinajstić information content (AvgIpc) is 2.99. The first kappa shape index (κ1) is 13.7. The zero-order valence-electron chi connectivity index (χ0n) is 12.5. The number of rotatable bonds is 2. The normalized spacial score (nSPS) is 20.6. The SMILES string of the molecule is NC1(c2ccccc2)CCc2sc(-c3ccccc3)cc2C1. The number of thiophene rings is 1. The van der Waals surface area contributed by atoms with Gasteiger partial charge in [0.1, 0.15) is 0 Å². The van der Waals surface area contributed by atoms with E-state index < -0.39 is 0 Å². The molecule has 0 saturated heterocycles. The van der Waals surface area contributed by atoms with Gasteiger partial charge in [0.15, 0.2) is 0 Å². The Morgan fingerprint density at radius 3 is 2.32 bits per heavy atom. The molecule has 1 atom stereocenters. The second-order valence-corrected chi connectivity index (χ2v) is 7.26. The molecule has 2 N–H and O–H groups in total. The molecular formula is C20H19NS.